The van der Waals surface area contributed by atoms with E-state index < -0.39 is 33.1 Å². The zero-order valence-electron chi connectivity index (χ0n) is 18.0. The Morgan fingerprint density at radius 1 is 1.28 bits per heavy atom. The number of amides is 1. The van der Waals surface area contributed by atoms with Crippen LogP contribution in [0.5, 0.6) is 5.75 Å². The van der Waals surface area contributed by atoms with Crippen molar-refractivity contribution in [3.05, 3.63) is 56.1 Å². The highest BCUT2D eigenvalue weighted by molar-refractivity contribution is 7.92. The van der Waals surface area contributed by atoms with Crippen molar-refractivity contribution in [2.45, 2.75) is 40.3 Å². The zero-order chi connectivity index (χ0) is 23.8. The molecule has 0 bridgehead atoms. The van der Waals surface area contributed by atoms with E-state index in [1.54, 1.807) is 0 Å². The van der Waals surface area contributed by atoms with E-state index in [0.717, 1.165) is 0 Å². The lowest BCUT2D eigenvalue weighted by Crippen LogP contribution is -2.40. The van der Waals surface area contributed by atoms with Crippen molar-refractivity contribution in [2.24, 2.45) is 5.92 Å². The number of aromatic nitrogens is 1. The molecule has 0 saturated carbocycles. The number of halogens is 2. The van der Waals surface area contributed by atoms with E-state index in [9.17, 15) is 27.5 Å². The van der Waals surface area contributed by atoms with Gasteiger partial charge in [0.15, 0.2) is 5.75 Å². The number of fused-ring (bicyclic) bond motifs is 1. The van der Waals surface area contributed by atoms with E-state index in [1.807, 2.05) is 13.8 Å². The molecule has 0 radical (unpaired) electrons. The Morgan fingerprint density at radius 3 is 2.56 bits per heavy atom. The molecule has 1 aromatic heterocycles. The number of hydrogen-bond donors (Lipinski definition) is 2. The molecule has 0 saturated heterocycles. The monoisotopic (exact) mass is 485 g/mol. The summed E-state index contributed by atoms with van der Waals surface area (Å²) in [5, 5.41) is 10.5. The molecule has 174 valence electrons. The summed E-state index contributed by atoms with van der Waals surface area (Å²) >= 11 is 5.82. The van der Waals surface area contributed by atoms with E-state index in [2.05, 4.69) is 4.72 Å². The van der Waals surface area contributed by atoms with Crippen molar-refractivity contribution in [3.63, 3.8) is 0 Å². The van der Waals surface area contributed by atoms with E-state index in [4.69, 9.17) is 11.6 Å². The minimum atomic E-state index is -3.75. The molecule has 0 fully saturated rings. The number of hydrogen-bond acceptors (Lipinski definition) is 5. The molecule has 8 nitrogen and oxygen atoms in total. The van der Waals surface area contributed by atoms with Crippen LogP contribution in [0.2, 0.25) is 5.02 Å². The molecule has 1 aliphatic rings. The molecule has 32 heavy (non-hydrogen) atoms. The first-order valence-corrected chi connectivity index (χ1v) is 12.2. The number of nitrogens with one attached hydrogen (secondary N) is 1. The predicted octanol–water partition coefficient (Wildman–Crippen LogP) is 2.96. The Hall–Kier alpha value is -2.59. The number of aromatic hydroxyl groups is 1. The van der Waals surface area contributed by atoms with Crippen LogP contribution in [0, 0.1) is 11.7 Å². The summed E-state index contributed by atoms with van der Waals surface area (Å²) < 4.78 is 41.7. The van der Waals surface area contributed by atoms with Gasteiger partial charge in [-0.15, -0.1) is 0 Å². The zero-order valence-corrected chi connectivity index (χ0v) is 19.6. The number of nitrogens with zero attached hydrogens (tertiary/aromatic N) is 2. The Morgan fingerprint density at radius 2 is 1.97 bits per heavy atom. The van der Waals surface area contributed by atoms with Crippen LogP contribution in [0.4, 0.5) is 10.2 Å². The summed E-state index contributed by atoms with van der Waals surface area (Å²) in [5.74, 6) is -2.14. The molecule has 2 heterocycles. The van der Waals surface area contributed by atoms with Gasteiger partial charge in [-0.25, -0.2) is 12.8 Å². The van der Waals surface area contributed by atoms with Gasteiger partial charge >= 0.3 is 0 Å². The molecule has 0 spiro atoms. The Kier molecular flexibility index (Phi) is 6.85. The SMILES string of the molecule is CCS(=O)(=O)Nc1c2c(c(O)c(=O)n1CC(C)C)C(=O)N(Cc1ccc(F)c(Cl)c1)CC2. The molecule has 0 atom stereocenters. The van der Waals surface area contributed by atoms with Crippen molar-refractivity contribution in [1.82, 2.24) is 9.47 Å². The number of sulfonamides is 1. The summed E-state index contributed by atoms with van der Waals surface area (Å²) in [6.45, 7) is 5.61. The van der Waals surface area contributed by atoms with Gasteiger partial charge in [0.25, 0.3) is 11.5 Å². The number of pyridine rings is 1. The van der Waals surface area contributed by atoms with Crippen LogP contribution >= 0.6 is 11.6 Å². The normalized spacial score (nSPS) is 14.1. The molecular formula is C21H25ClFN3O5S. The van der Waals surface area contributed by atoms with Crippen LogP contribution in [0.3, 0.4) is 0 Å². The molecule has 2 aromatic rings. The fraction of sp³-hybridized carbons (Fsp3) is 0.429. The Bertz CT molecular complexity index is 1230. The first-order valence-electron chi connectivity index (χ1n) is 10.2. The summed E-state index contributed by atoms with van der Waals surface area (Å²) in [5.41, 5.74) is -0.208. The van der Waals surface area contributed by atoms with Crippen molar-refractivity contribution >= 4 is 33.3 Å². The van der Waals surface area contributed by atoms with Crippen LogP contribution < -0.4 is 10.3 Å². The first-order chi connectivity index (χ1) is 14.9. The number of carbonyl (C=O) groups is 1. The summed E-state index contributed by atoms with van der Waals surface area (Å²) in [6.07, 6.45) is 0.212. The van der Waals surface area contributed by atoms with Crippen LogP contribution in [0.15, 0.2) is 23.0 Å². The third-order valence-electron chi connectivity index (χ3n) is 5.21. The van der Waals surface area contributed by atoms with Crippen molar-refractivity contribution in [1.29, 1.82) is 0 Å². The Labute approximate surface area is 190 Å². The van der Waals surface area contributed by atoms with Crippen molar-refractivity contribution in [2.75, 3.05) is 17.0 Å². The lowest BCUT2D eigenvalue weighted by Gasteiger charge is -2.31. The fourth-order valence-corrected chi connectivity index (χ4v) is 4.50. The fourth-order valence-electron chi connectivity index (χ4n) is 3.63. The van der Waals surface area contributed by atoms with Gasteiger partial charge in [0, 0.05) is 25.2 Å². The van der Waals surface area contributed by atoms with E-state index >= 15 is 0 Å². The molecule has 3 rings (SSSR count). The van der Waals surface area contributed by atoms with E-state index in [-0.39, 0.29) is 59.7 Å². The standard InChI is InChI=1S/C21H25ClFN3O5S/c1-4-32(30,31)24-19-14-7-8-25(11-13-5-6-16(23)15(22)9-13)20(28)17(14)18(27)21(29)26(19)10-12(2)3/h5-6,9,12,24,27H,4,7-8,10-11H2,1-3H3. The first kappa shape index (κ1) is 24.1. The molecule has 11 heteroatoms. The number of rotatable bonds is 7. The second kappa shape index (κ2) is 9.11. The number of anilines is 1. The average Bonchev–Trinajstić information content (AvgIpc) is 2.72. The molecule has 1 aliphatic heterocycles. The molecule has 1 amide bonds. The summed E-state index contributed by atoms with van der Waals surface area (Å²) in [4.78, 5) is 27.5. The largest absolute Gasteiger partial charge is 0.502 e. The maximum Gasteiger partial charge on any atom is 0.295 e. The van der Waals surface area contributed by atoms with Crippen molar-refractivity contribution in [3.8, 4) is 5.75 Å². The van der Waals surface area contributed by atoms with Gasteiger partial charge in [-0.1, -0.05) is 31.5 Å². The second-order valence-corrected chi connectivity index (χ2v) is 10.5. The molecule has 0 unspecified atom stereocenters. The lowest BCUT2D eigenvalue weighted by atomic mass is 9.98. The van der Waals surface area contributed by atoms with Crippen LogP contribution in [0.25, 0.3) is 0 Å². The lowest BCUT2D eigenvalue weighted by molar-refractivity contribution is 0.0722. The van der Waals surface area contributed by atoms with Crippen LogP contribution in [-0.2, 0) is 29.5 Å². The van der Waals surface area contributed by atoms with Gasteiger partial charge in [0.05, 0.1) is 16.3 Å². The highest BCUT2D eigenvalue weighted by Gasteiger charge is 2.34. The average molecular weight is 486 g/mol. The van der Waals surface area contributed by atoms with Gasteiger partial charge in [-0.05, 0) is 37.0 Å². The van der Waals surface area contributed by atoms with E-state index in [1.165, 1.54) is 34.6 Å². The third-order valence-corrected chi connectivity index (χ3v) is 6.77. The number of carbonyl (C=O) groups excluding carboxylic acids is 1. The molecule has 2 N–H and O–H groups in total. The molecular weight excluding hydrogens is 461 g/mol. The quantitative estimate of drug-likeness (QED) is 0.626. The summed E-state index contributed by atoms with van der Waals surface area (Å²) in [7, 11) is -3.75. The third kappa shape index (κ3) is 4.75. The predicted molar refractivity (Wildman–Crippen MR) is 120 cm³/mol. The van der Waals surface area contributed by atoms with Gasteiger partial charge in [-0.3, -0.25) is 18.9 Å². The summed E-state index contributed by atoms with van der Waals surface area (Å²) in [6, 6.07) is 4.09. The maximum atomic E-state index is 13.4. The highest BCUT2D eigenvalue weighted by atomic mass is 35.5. The second-order valence-electron chi connectivity index (χ2n) is 8.09. The minimum Gasteiger partial charge on any atom is -0.502 e. The molecule has 0 aliphatic carbocycles. The van der Waals surface area contributed by atoms with Crippen LogP contribution in [-0.4, -0.2) is 41.2 Å². The minimum absolute atomic E-state index is 0.0103. The van der Waals surface area contributed by atoms with Gasteiger partial charge in [0.2, 0.25) is 10.0 Å². The topological polar surface area (TPSA) is 109 Å². The van der Waals surface area contributed by atoms with Crippen molar-refractivity contribution < 1.29 is 22.7 Å². The Balaban J connectivity index is 2.10. The number of benzene rings is 1. The van der Waals surface area contributed by atoms with Crippen LogP contribution in [0.1, 0.15) is 42.3 Å². The van der Waals surface area contributed by atoms with Gasteiger partial charge in [0.1, 0.15) is 11.6 Å². The van der Waals surface area contributed by atoms with E-state index in [0.29, 0.717) is 5.56 Å². The maximum absolute atomic E-state index is 13.4. The van der Waals surface area contributed by atoms with Gasteiger partial charge < -0.3 is 10.0 Å². The highest BCUT2D eigenvalue weighted by Crippen LogP contribution is 2.32. The smallest absolute Gasteiger partial charge is 0.295 e. The molecule has 1 aromatic carbocycles. The van der Waals surface area contributed by atoms with Gasteiger partial charge in [-0.2, -0.15) is 0 Å².